The van der Waals surface area contributed by atoms with Gasteiger partial charge in [0.15, 0.2) is 0 Å². The van der Waals surface area contributed by atoms with Crippen molar-refractivity contribution in [2.45, 2.75) is 25.3 Å². The van der Waals surface area contributed by atoms with Crippen molar-refractivity contribution < 1.29 is 14.6 Å². The van der Waals surface area contributed by atoms with E-state index in [2.05, 4.69) is 0 Å². The molecule has 1 aliphatic rings. The van der Waals surface area contributed by atoms with Crippen molar-refractivity contribution in [2.24, 2.45) is 0 Å². The predicted octanol–water partition coefficient (Wildman–Crippen LogP) is 1.26. The summed E-state index contributed by atoms with van der Waals surface area (Å²) in [5.41, 5.74) is 6.80. The zero-order chi connectivity index (χ0) is 13.8. The molecule has 2 rings (SSSR count). The molecule has 1 aromatic carbocycles. The highest BCUT2D eigenvalue weighted by Crippen LogP contribution is 2.25. The highest BCUT2D eigenvalue weighted by molar-refractivity contribution is 5.95. The normalized spacial score (nSPS) is 19.3. The van der Waals surface area contributed by atoms with Crippen LogP contribution in [0.5, 0.6) is 5.75 Å². The van der Waals surface area contributed by atoms with E-state index in [1.165, 1.54) is 7.11 Å². The molecule has 1 aliphatic heterocycles. The number of hydrogen-bond acceptors (Lipinski definition) is 4. The van der Waals surface area contributed by atoms with Crippen molar-refractivity contribution in [3.63, 3.8) is 0 Å². The van der Waals surface area contributed by atoms with Gasteiger partial charge in [0.2, 0.25) is 0 Å². The first-order valence-electron chi connectivity index (χ1n) is 6.52. The van der Waals surface area contributed by atoms with Gasteiger partial charge in [0, 0.05) is 12.1 Å². The molecule has 0 saturated carbocycles. The third-order valence-electron chi connectivity index (χ3n) is 3.58. The number of methoxy groups -OCH3 is 1. The summed E-state index contributed by atoms with van der Waals surface area (Å²) in [6.07, 6.45) is 2.89. The van der Waals surface area contributed by atoms with Gasteiger partial charge in [-0.05, 0) is 37.5 Å². The quantitative estimate of drug-likeness (QED) is 0.806. The number of benzene rings is 1. The number of rotatable bonds is 3. The summed E-state index contributed by atoms with van der Waals surface area (Å²) in [5, 5.41) is 9.36. The van der Waals surface area contributed by atoms with Crippen LogP contribution in [0.4, 0.5) is 5.69 Å². The molecular weight excluding hydrogens is 244 g/mol. The molecular formula is C14H20N2O3. The van der Waals surface area contributed by atoms with Gasteiger partial charge < -0.3 is 20.5 Å². The third-order valence-corrected chi connectivity index (χ3v) is 3.58. The third kappa shape index (κ3) is 2.81. The predicted molar refractivity (Wildman–Crippen MR) is 73.2 cm³/mol. The maximum atomic E-state index is 12.5. The van der Waals surface area contributed by atoms with E-state index in [1.807, 2.05) is 0 Å². The first-order valence-corrected chi connectivity index (χ1v) is 6.52. The molecule has 0 spiro atoms. The van der Waals surface area contributed by atoms with Gasteiger partial charge in [-0.2, -0.15) is 0 Å². The Morgan fingerprint density at radius 3 is 3.00 bits per heavy atom. The number of likely N-dealkylation sites (tertiary alicyclic amines) is 1. The highest BCUT2D eigenvalue weighted by atomic mass is 16.5. The van der Waals surface area contributed by atoms with Crippen molar-refractivity contribution in [1.82, 2.24) is 4.90 Å². The van der Waals surface area contributed by atoms with Crippen LogP contribution in [-0.4, -0.2) is 42.2 Å². The van der Waals surface area contributed by atoms with Gasteiger partial charge in [-0.1, -0.05) is 0 Å². The number of nitrogens with zero attached hydrogens (tertiary/aromatic N) is 1. The Hall–Kier alpha value is -1.75. The molecule has 0 aromatic heterocycles. The Balaban J connectivity index is 2.22. The summed E-state index contributed by atoms with van der Waals surface area (Å²) < 4.78 is 5.13. The molecule has 104 valence electrons. The summed E-state index contributed by atoms with van der Waals surface area (Å²) in [7, 11) is 1.53. The van der Waals surface area contributed by atoms with Gasteiger partial charge in [-0.3, -0.25) is 4.79 Å². The molecule has 5 nitrogen and oxygen atoms in total. The molecule has 0 aliphatic carbocycles. The van der Waals surface area contributed by atoms with Gasteiger partial charge >= 0.3 is 0 Å². The first-order chi connectivity index (χ1) is 9.17. The molecule has 5 heteroatoms. The van der Waals surface area contributed by atoms with E-state index >= 15 is 0 Å². The van der Waals surface area contributed by atoms with Crippen LogP contribution < -0.4 is 10.5 Å². The summed E-state index contributed by atoms with van der Waals surface area (Å²) >= 11 is 0. The first kappa shape index (κ1) is 13.7. The van der Waals surface area contributed by atoms with Crippen LogP contribution in [0, 0.1) is 0 Å². The number of amides is 1. The molecule has 1 fully saturated rings. The Kier molecular flexibility index (Phi) is 4.27. The molecule has 3 N–H and O–H groups in total. The maximum absolute atomic E-state index is 12.5. The van der Waals surface area contributed by atoms with Crippen molar-refractivity contribution in [3.8, 4) is 5.75 Å². The lowest BCUT2D eigenvalue weighted by Crippen LogP contribution is -2.45. The van der Waals surface area contributed by atoms with Crippen LogP contribution in [-0.2, 0) is 0 Å². The topological polar surface area (TPSA) is 75.8 Å². The van der Waals surface area contributed by atoms with Crippen LogP contribution in [0.2, 0.25) is 0 Å². The fourth-order valence-corrected chi connectivity index (χ4v) is 2.47. The number of piperidine rings is 1. The Morgan fingerprint density at radius 2 is 2.32 bits per heavy atom. The fraction of sp³-hybridized carbons (Fsp3) is 0.500. The fourth-order valence-electron chi connectivity index (χ4n) is 2.47. The number of nitrogen functional groups attached to an aromatic ring is 1. The average Bonchev–Trinajstić information content (AvgIpc) is 2.47. The minimum Gasteiger partial charge on any atom is -0.495 e. The molecule has 1 saturated heterocycles. The molecule has 1 amide bonds. The van der Waals surface area contributed by atoms with E-state index in [9.17, 15) is 9.90 Å². The second-order valence-electron chi connectivity index (χ2n) is 4.79. The number of ether oxygens (including phenoxy) is 1. The van der Waals surface area contributed by atoms with Crippen molar-refractivity contribution in [3.05, 3.63) is 23.8 Å². The van der Waals surface area contributed by atoms with Crippen LogP contribution in [0.3, 0.4) is 0 Å². The van der Waals surface area contributed by atoms with Crippen LogP contribution in [0.15, 0.2) is 18.2 Å². The van der Waals surface area contributed by atoms with Gasteiger partial charge in [0.05, 0.1) is 25.4 Å². The van der Waals surface area contributed by atoms with Crippen molar-refractivity contribution in [2.75, 3.05) is 26.0 Å². The average molecular weight is 264 g/mol. The highest BCUT2D eigenvalue weighted by Gasteiger charge is 2.27. The van der Waals surface area contributed by atoms with E-state index in [0.29, 0.717) is 23.5 Å². The molecule has 19 heavy (non-hydrogen) atoms. The molecule has 1 atom stereocenters. The zero-order valence-corrected chi connectivity index (χ0v) is 11.1. The van der Waals surface area contributed by atoms with E-state index in [0.717, 1.165) is 19.3 Å². The van der Waals surface area contributed by atoms with Crippen LogP contribution >= 0.6 is 0 Å². The molecule has 0 radical (unpaired) electrons. The molecule has 0 bridgehead atoms. The second-order valence-corrected chi connectivity index (χ2v) is 4.79. The lowest BCUT2D eigenvalue weighted by Gasteiger charge is -2.34. The molecule has 1 heterocycles. The van der Waals surface area contributed by atoms with Crippen molar-refractivity contribution in [1.29, 1.82) is 0 Å². The second kappa shape index (κ2) is 5.93. The number of nitrogens with two attached hydrogens (primary N) is 1. The maximum Gasteiger partial charge on any atom is 0.254 e. The Labute approximate surface area is 113 Å². The van der Waals surface area contributed by atoms with Gasteiger partial charge in [-0.25, -0.2) is 0 Å². The molecule has 1 aromatic rings. The monoisotopic (exact) mass is 264 g/mol. The van der Waals surface area contributed by atoms with Crippen LogP contribution in [0.25, 0.3) is 0 Å². The number of aliphatic hydroxyl groups excluding tert-OH is 1. The Morgan fingerprint density at radius 1 is 1.53 bits per heavy atom. The van der Waals surface area contributed by atoms with Gasteiger partial charge in [0.25, 0.3) is 5.91 Å². The number of hydrogen-bond donors (Lipinski definition) is 2. The van der Waals surface area contributed by atoms with E-state index in [1.54, 1.807) is 23.1 Å². The van der Waals surface area contributed by atoms with Crippen LogP contribution in [0.1, 0.15) is 29.6 Å². The number of carbonyl (C=O) groups is 1. The number of anilines is 1. The number of carbonyl (C=O) groups excluding carboxylic acids is 1. The SMILES string of the molecule is COc1cc(C(=O)N2CCCCC2CO)ccc1N. The zero-order valence-electron chi connectivity index (χ0n) is 11.1. The minimum absolute atomic E-state index is 0.0118. The summed E-state index contributed by atoms with van der Waals surface area (Å²) in [6, 6.07) is 4.94. The van der Waals surface area contributed by atoms with Gasteiger partial charge in [0.1, 0.15) is 5.75 Å². The lowest BCUT2D eigenvalue weighted by atomic mass is 10.0. The van der Waals surface area contributed by atoms with E-state index in [4.69, 9.17) is 10.5 Å². The Bertz CT molecular complexity index is 462. The number of aliphatic hydroxyl groups is 1. The van der Waals surface area contributed by atoms with Crippen molar-refractivity contribution >= 4 is 11.6 Å². The van der Waals surface area contributed by atoms with Gasteiger partial charge in [-0.15, -0.1) is 0 Å². The molecule has 1 unspecified atom stereocenters. The smallest absolute Gasteiger partial charge is 0.254 e. The standard InChI is InChI=1S/C14H20N2O3/c1-19-13-8-10(5-6-12(13)15)14(18)16-7-3-2-4-11(16)9-17/h5-6,8,11,17H,2-4,7,9,15H2,1H3. The van der Waals surface area contributed by atoms with E-state index in [-0.39, 0.29) is 18.6 Å². The summed E-state index contributed by atoms with van der Waals surface area (Å²) in [6.45, 7) is 0.703. The minimum atomic E-state index is -0.0789. The van der Waals surface area contributed by atoms with E-state index < -0.39 is 0 Å². The summed E-state index contributed by atoms with van der Waals surface area (Å²) in [4.78, 5) is 14.2. The lowest BCUT2D eigenvalue weighted by molar-refractivity contribution is 0.0503. The largest absolute Gasteiger partial charge is 0.495 e. The summed E-state index contributed by atoms with van der Waals surface area (Å²) in [5.74, 6) is 0.431.